The van der Waals surface area contributed by atoms with Gasteiger partial charge in [-0.05, 0) is 42.4 Å². The Morgan fingerprint density at radius 2 is 2.44 bits per heavy atom. The minimum atomic E-state index is 0.306. The Labute approximate surface area is 114 Å². The van der Waals surface area contributed by atoms with Gasteiger partial charge in [0, 0.05) is 31.7 Å². The van der Waals surface area contributed by atoms with Crippen LogP contribution in [0.3, 0.4) is 0 Å². The second-order valence-corrected chi connectivity index (χ2v) is 6.17. The van der Waals surface area contributed by atoms with E-state index in [1.165, 1.54) is 12.0 Å². The summed E-state index contributed by atoms with van der Waals surface area (Å²) in [6, 6.07) is 2.21. The van der Waals surface area contributed by atoms with Gasteiger partial charge >= 0.3 is 0 Å². The first kappa shape index (κ1) is 14.0. The lowest BCUT2D eigenvalue weighted by molar-refractivity contribution is 0.117. The van der Waals surface area contributed by atoms with Crippen molar-refractivity contribution in [2.45, 2.75) is 19.9 Å². The van der Waals surface area contributed by atoms with Crippen LogP contribution in [0.15, 0.2) is 16.8 Å². The van der Waals surface area contributed by atoms with Gasteiger partial charge in [-0.3, -0.25) is 0 Å². The van der Waals surface area contributed by atoms with Crippen molar-refractivity contribution in [2.24, 2.45) is 5.41 Å². The molecule has 0 saturated carbocycles. The first-order valence-corrected chi connectivity index (χ1v) is 7.66. The number of rotatable bonds is 7. The van der Waals surface area contributed by atoms with E-state index >= 15 is 0 Å². The second-order valence-electron chi connectivity index (χ2n) is 5.39. The number of hydrogen-bond donors (Lipinski definition) is 1. The third-order valence-electron chi connectivity index (χ3n) is 3.57. The minimum absolute atomic E-state index is 0.306. The summed E-state index contributed by atoms with van der Waals surface area (Å²) in [5.41, 5.74) is 1.72. The van der Waals surface area contributed by atoms with Crippen molar-refractivity contribution in [3.8, 4) is 0 Å². The fourth-order valence-electron chi connectivity index (χ4n) is 2.68. The lowest BCUT2D eigenvalue weighted by Crippen LogP contribution is -2.43. The van der Waals surface area contributed by atoms with E-state index in [0.717, 1.165) is 39.4 Å². The van der Waals surface area contributed by atoms with Gasteiger partial charge in [0.2, 0.25) is 0 Å². The average molecular weight is 268 g/mol. The van der Waals surface area contributed by atoms with Gasteiger partial charge < -0.3 is 15.0 Å². The fraction of sp³-hybridized carbons (Fsp3) is 0.714. The summed E-state index contributed by atoms with van der Waals surface area (Å²) in [5.74, 6) is 0. The Morgan fingerprint density at radius 3 is 3.06 bits per heavy atom. The van der Waals surface area contributed by atoms with Crippen LogP contribution in [0, 0.1) is 5.41 Å². The Morgan fingerprint density at radius 1 is 1.56 bits per heavy atom. The molecule has 2 rings (SSSR count). The molecule has 1 N–H and O–H groups in total. The summed E-state index contributed by atoms with van der Waals surface area (Å²) >= 11 is 1.77. The zero-order chi connectivity index (χ0) is 12.8. The van der Waals surface area contributed by atoms with E-state index in [1.54, 1.807) is 11.3 Å². The number of nitrogens with zero attached hydrogens (tertiary/aromatic N) is 1. The number of ether oxygens (including phenoxy) is 1. The van der Waals surface area contributed by atoms with Crippen molar-refractivity contribution in [3.05, 3.63) is 22.4 Å². The van der Waals surface area contributed by atoms with Gasteiger partial charge in [0.1, 0.15) is 0 Å². The monoisotopic (exact) mass is 268 g/mol. The van der Waals surface area contributed by atoms with Crippen LogP contribution in [-0.4, -0.2) is 44.8 Å². The molecule has 4 heteroatoms. The van der Waals surface area contributed by atoms with Crippen molar-refractivity contribution < 1.29 is 4.74 Å². The highest BCUT2D eigenvalue weighted by atomic mass is 32.1. The smallest absolute Gasteiger partial charge is 0.0547 e. The van der Waals surface area contributed by atoms with E-state index in [1.807, 2.05) is 0 Å². The SMILES string of the molecule is CCNCC1(CN(C)Cc2ccsc2)CCOC1. The summed E-state index contributed by atoms with van der Waals surface area (Å²) in [7, 11) is 2.21. The third kappa shape index (κ3) is 3.79. The van der Waals surface area contributed by atoms with E-state index in [2.05, 4.69) is 41.0 Å². The Kier molecular flexibility index (Phi) is 5.18. The highest BCUT2D eigenvalue weighted by Crippen LogP contribution is 2.29. The van der Waals surface area contributed by atoms with Crippen LogP contribution < -0.4 is 5.32 Å². The molecule has 1 aromatic rings. The summed E-state index contributed by atoms with van der Waals surface area (Å²) in [6.07, 6.45) is 1.17. The van der Waals surface area contributed by atoms with Gasteiger partial charge in [-0.25, -0.2) is 0 Å². The molecule has 0 radical (unpaired) electrons. The molecule has 1 aromatic heterocycles. The van der Waals surface area contributed by atoms with Gasteiger partial charge in [0.15, 0.2) is 0 Å². The van der Waals surface area contributed by atoms with Gasteiger partial charge in [-0.1, -0.05) is 6.92 Å². The van der Waals surface area contributed by atoms with E-state index in [9.17, 15) is 0 Å². The number of nitrogens with one attached hydrogen (secondary N) is 1. The predicted octanol–water partition coefficient (Wildman–Crippen LogP) is 2.20. The van der Waals surface area contributed by atoms with Crippen LogP contribution in [-0.2, 0) is 11.3 Å². The molecule has 3 nitrogen and oxygen atoms in total. The molecular formula is C14H24N2OS. The molecule has 1 aliphatic heterocycles. The van der Waals surface area contributed by atoms with Crippen LogP contribution in [0.4, 0.5) is 0 Å². The average Bonchev–Trinajstić information content (AvgIpc) is 2.99. The van der Waals surface area contributed by atoms with Crippen LogP contribution in [0.5, 0.6) is 0 Å². The van der Waals surface area contributed by atoms with Crippen LogP contribution in [0.1, 0.15) is 18.9 Å². The normalized spacial score (nSPS) is 23.9. The maximum absolute atomic E-state index is 5.63. The molecule has 0 bridgehead atoms. The van der Waals surface area contributed by atoms with Gasteiger partial charge in [0.25, 0.3) is 0 Å². The van der Waals surface area contributed by atoms with Gasteiger partial charge in [0.05, 0.1) is 6.61 Å². The van der Waals surface area contributed by atoms with Crippen molar-refractivity contribution in [1.82, 2.24) is 10.2 Å². The van der Waals surface area contributed by atoms with E-state index in [-0.39, 0.29) is 0 Å². The molecule has 1 saturated heterocycles. The minimum Gasteiger partial charge on any atom is -0.381 e. The number of thiophene rings is 1. The molecule has 0 spiro atoms. The lowest BCUT2D eigenvalue weighted by atomic mass is 9.86. The molecular weight excluding hydrogens is 244 g/mol. The van der Waals surface area contributed by atoms with Crippen molar-refractivity contribution in [1.29, 1.82) is 0 Å². The topological polar surface area (TPSA) is 24.5 Å². The Balaban J connectivity index is 1.87. The maximum atomic E-state index is 5.63. The molecule has 1 fully saturated rings. The molecule has 102 valence electrons. The van der Waals surface area contributed by atoms with E-state index in [4.69, 9.17) is 4.74 Å². The molecule has 0 aliphatic carbocycles. The lowest BCUT2D eigenvalue weighted by Gasteiger charge is -2.32. The van der Waals surface area contributed by atoms with Gasteiger partial charge in [-0.2, -0.15) is 11.3 Å². The Bertz CT molecular complexity index is 334. The second kappa shape index (κ2) is 6.66. The summed E-state index contributed by atoms with van der Waals surface area (Å²) < 4.78 is 5.63. The highest BCUT2D eigenvalue weighted by molar-refractivity contribution is 7.07. The molecule has 18 heavy (non-hydrogen) atoms. The van der Waals surface area contributed by atoms with Gasteiger partial charge in [-0.15, -0.1) is 0 Å². The zero-order valence-corrected chi connectivity index (χ0v) is 12.3. The van der Waals surface area contributed by atoms with E-state index < -0.39 is 0 Å². The van der Waals surface area contributed by atoms with Crippen LogP contribution in [0.2, 0.25) is 0 Å². The molecule has 0 amide bonds. The quantitative estimate of drug-likeness (QED) is 0.820. The van der Waals surface area contributed by atoms with Crippen molar-refractivity contribution >= 4 is 11.3 Å². The summed E-state index contributed by atoms with van der Waals surface area (Å²) in [4.78, 5) is 2.42. The zero-order valence-electron chi connectivity index (χ0n) is 11.4. The molecule has 0 aromatic carbocycles. The Hall–Kier alpha value is -0.420. The predicted molar refractivity (Wildman–Crippen MR) is 77.1 cm³/mol. The standard InChI is InChI=1S/C14H24N2OS/c1-3-15-10-14(5-6-17-12-14)11-16(2)8-13-4-7-18-9-13/h4,7,9,15H,3,5-6,8,10-12H2,1-2H3. The van der Waals surface area contributed by atoms with Crippen LogP contribution >= 0.6 is 11.3 Å². The highest BCUT2D eigenvalue weighted by Gasteiger charge is 2.35. The maximum Gasteiger partial charge on any atom is 0.0547 e. The van der Waals surface area contributed by atoms with Crippen molar-refractivity contribution in [2.75, 3.05) is 39.9 Å². The number of hydrogen-bond acceptors (Lipinski definition) is 4. The largest absolute Gasteiger partial charge is 0.381 e. The van der Waals surface area contributed by atoms with Crippen molar-refractivity contribution in [3.63, 3.8) is 0 Å². The first-order valence-electron chi connectivity index (χ1n) is 6.72. The molecule has 1 atom stereocenters. The summed E-state index contributed by atoms with van der Waals surface area (Å²) in [6.45, 7) is 8.23. The van der Waals surface area contributed by atoms with E-state index in [0.29, 0.717) is 5.41 Å². The van der Waals surface area contributed by atoms with Crippen LogP contribution in [0.25, 0.3) is 0 Å². The first-order chi connectivity index (χ1) is 8.74. The molecule has 2 heterocycles. The molecule has 1 aliphatic rings. The summed E-state index contributed by atoms with van der Waals surface area (Å²) in [5, 5.41) is 7.87. The fourth-order valence-corrected chi connectivity index (χ4v) is 3.34. The third-order valence-corrected chi connectivity index (χ3v) is 4.30. The molecule has 1 unspecified atom stereocenters.